The Balaban J connectivity index is 1.81. The van der Waals surface area contributed by atoms with E-state index in [1.807, 2.05) is 0 Å². The first-order chi connectivity index (χ1) is 10.7. The van der Waals surface area contributed by atoms with Gasteiger partial charge in [0.2, 0.25) is 0 Å². The van der Waals surface area contributed by atoms with Crippen LogP contribution in [0.4, 0.5) is 0 Å². The molecule has 4 atom stereocenters. The quantitative estimate of drug-likeness (QED) is 0.532. The zero-order chi connectivity index (χ0) is 15.3. The number of fused-ring (bicyclic) bond motifs is 1. The molecule has 2 aliphatic carbocycles. The number of hydrogen-bond acceptors (Lipinski definition) is 2. The van der Waals surface area contributed by atoms with Crippen LogP contribution >= 0.6 is 0 Å². The lowest BCUT2D eigenvalue weighted by molar-refractivity contribution is -0.432. The van der Waals surface area contributed by atoms with Gasteiger partial charge in [0, 0.05) is 11.3 Å². The number of benzene rings is 1. The van der Waals surface area contributed by atoms with E-state index in [-0.39, 0.29) is 17.6 Å². The molecule has 0 radical (unpaired) electrons. The molecule has 0 amide bonds. The number of hydrogen-bond donors (Lipinski definition) is 0. The van der Waals surface area contributed by atoms with Crippen LogP contribution < -0.4 is 0 Å². The molecule has 1 aromatic rings. The molecule has 0 spiro atoms. The van der Waals surface area contributed by atoms with E-state index in [9.17, 15) is 0 Å². The average Bonchev–Trinajstić information content (AvgIpc) is 2.56. The molecule has 4 aliphatic rings. The monoisotopic (exact) mass is 298 g/mol. The Morgan fingerprint density at radius 1 is 1.18 bits per heavy atom. The SMILES string of the molecule is CCC(CC)c1ccc2c(c1)C1OOC2C2(C)CCC=CC12. The first-order valence-corrected chi connectivity index (χ1v) is 8.81. The van der Waals surface area contributed by atoms with Gasteiger partial charge in [0.1, 0.15) is 12.2 Å². The predicted molar refractivity (Wildman–Crippen MR) is 87.4 cm³/mol. The molecule has 5 rings (SSSR count). The third-order valence-corrected chi connectivity index (χ3v) is 6.29. The maximum Gasteiger partial charge on any atom is 0.125 e. The highest BCUT2D eigenvalue weighted by Crippen LogP contribution is 2.62. The van der Waals surface area contributed by atoms with Gasteiger partial charge in [-0.15, -0.1) is 0 Å². The van der Waals surface area contributed by atoms with Gasteiger partial charge in [-0.25, -0.2) is 9.78 Å². The van der Waals surface area contributed by atoms with Gasteiger partial charge in [0.25, 0.3) is 0 Å². The van der Waals surface area contributed by atoms with E-state index in [2.05, 4.69) is 51.1 Å². The van der Waals surface area contributed by atoms with Gasteiger partial charge in [0.15, 0.2) is 0 Å². The lowest BCUT2D eigenvalue weighted by Crippen LogP contribution is -2.48. The summed E-state index contributed by atoms with van der Waals surface area (Å²) in [4.78, 5) is 11.6. The largest absolute Gasteiger partial charge is 0.227 e. The Morgan fingerprint density at radius 2 is 2.00 bits per heavy atom. The van der Waals surface area contributed by atoms with Gasteiger partial charge in [-0.2, -0.15) is 0 Å². The van der Waals surface area contributed by atoms with Crippen molar-refractivity contribution in [2.75, 3.05) is 0 Å². The minimum atomic E-state index is 0.0656. The summed E-state index contributed by atoms with van der Waals surface area (Å²) in [5.74, 6) is 1.10. The summed E-state index contributed by atoms with van der Waals surface area (Å²) in [5.41, 5.74) is 4.37. The molecular weight excluding hydrogens is 272 g/mol. The van der Waals surface area contributed by atoms with Crippen molar-refractivity contribution in [3.63, 3.8) is 0 Å². The topological polar surface area (TPSA) is 18.5 Å². The van der Waals surface area contributed by atoms with Gasteiger partial charge in [-0.1, -0.05) is 51.1 Å². The lowest BCUT2D eigenvalue weighted by atomic mass is 9.58. The van der Waals surface area contributed by atoms with Gasteiger partial charge >= 0.3 is 0 Å². The summed E-state index contributed by atoms with van der Waals surface area (Å²) in [6, 6.07) is 7.02. The molecule has 0 saturated carbocycles. The van der Waals surface area contributed by atoms with Crippen molar-refractivity contribution in [2.24, 2.45) is 11.3 Å². The second-order valence-corrected chi connectivity index (χ2v) is 7.39. The molecule has 22 heavy (non-hydrogen) atoms. The highest BCUT2D eigenvalue weighted by molar-refractivity contribution is 5.43. The Morgan fingerprint density at radius 3 is 2.77 bits per heavy atom. The van der Waals surface area contributed by atoms with Crippen LogP contribution in [-0.2, 0) is 9.78 Å². The van der Waals surface area contributed by atoms with E-state index in [4.69, 9.17) is 9.78 Å². The van der Waals surface area contributed by atoms with E-state index < -0.39 is 0 Å². The molecule has 2 heteroatoms. The van der Waals surface area contributed by atoms with Crippen LogP contribution in [0.3, 0.4) is 0 Å². The first kappa shape index (κ1) is 14.5. The van der Waals surface area contributed by atoms with Gasteiger partial charge < -0.3 is 0 Å². The van der Waals surface area contributed by atoms with Crippen molar-refractivity contribution < 1.29 is 9.78 Å². The summed E-state index contributed by atoms with van der Waals surface area (Å²) in [6.07, 6.45) is 9.57. The van der Waals surface area contributed by atoms with E-state index in [1.165, 1.54) is 36.0 Å². The lowest BCUT2D eigenvalue weighted by Gasteiger charge is -2.55. The molecule has 0 aromatic heterocycles. The minimum absolute atomic E-state index is 0.0656. The standard InChI is InChI=1S/C20H26O2/c1-4-13(5-2)14-9-10-15-16(12-14)18-17-8-6-7-11-20(17,3)19(15)22-21-18/h6,8-10,12-13,17-19H,4-5,7,11H2,1-3H3. The van der Waals surface area contributed by atoms with Gasteiger partial charge in [0.05, 0.1) is 0 Å². The van der Waals surface area contributed by atoms with E-state index in [0.29, 0.717) is 11.8 Å². The molecule has 2 heterocycles. The second-order valence-electron chi connectivity index (χ2n) is 7.39. The molecular formula is C20H26O2. The van der Waals surface area contributed by atoms with Gasteiger partial charge in [-0.05, 0) is 48.3 Å². The molecule has 2 bridgehead atoms. The molecule has 2 aliphatic heterocycles. The van der Waals surface area contributed by atoms with E-state index in [0.717, 1.165) is 6.42 Å². The van der Waals surface area contributed by atoms with Crippen LogP contribution in [0.5, 0.6) is 0 Å². The highest BCUT2D eigenvalue weighted by Gasteiger charge is 2.56. The molecule has 2 nitrogen and oxygen atoms in total. The smallest absolute Gasteiger partial charge is 0.125 e. The van der Waals surface area contributed by atoms with Crippen molar-refractivity contribution >= 4 is 0 Å². The zero-order valence-electron chi connectivity index (χ0n) is 13.8. The molecule has 1 fully saturated rings. The van der Waals surface area contributed by atoms with Crippen molar-refractivity contribution in [1.82, 2.24) is 0 Å². The summed E-state index contributed by atoms with van der Waals surface area (Å²) in [7, 11) is 0. The molecule has 1 aromatic carbocycles. The van der Waals surface area contributed by atoms with Crippen LogP contribution in [0.15, 0.2) is 30.4 Å². The molecule has 1 saturated heterocycles. The summed E-state index contributed by atoms with van der Waals surface area (Å²) >= 11 is 0. The third kappa shape index (κ3) is 1.87. The van der Waals surface area contributed by atoms with Crippen molar-refractivity contribution in [2.45, 2.75) is 64.6 Å². The Labute approximate surface area is 133 Å². The van der Waals surface area contributed by atoms with Crippen molar-refractivity contribution in [3.8, 4) is 0 Å². The normalized spacial score (nSPS) is 35.5. The fourth-order valence-corrected chi connectivity index (χ4v) is 4.81. The molecule has 118 valence electrons. The predicted octanol–water partition coefficient (Wildman–Crippen LogP) is 5.62. The Bertz CT molecular complexity index is 602. The van der Waals surface area contributed by atoms with Gasteiger partial charge in [-0.3, -0.25) is 0 Å². The summed E-state index contributed by atoms with van der Waals surface area (Å²) < 4.78 is 0. The molecule has 4 unspecified atom stereocenters. The first-order valence-electron chi connectivity index (χ1n) is 8.81. The van der Waals surface area contributed by atoms with Crippen LogP contribution in [-0.4, -0.2) is 0 Å². The molecule has 0 N–H and O–H groups in total. The van der Waals surface area contributed by atoms with E-state index in [1.54, 1.807) is 0 Å². The number of rotatable bonds is 3. The maximum atomic E-state index is 5.79. The number of allylic oxidation sites excluding steroid dienone is 1. The fraction of sp³-hybridized carbons (Fsp3) is 0.600. The van der Waals surface area contributed by atoms with Crippen LogP contribution in [0.25, 0.3) is 0 Å². The zero-order valence-corrected chi connectivity index (χ0v) is 13.8. The Kier molecular flexibility index (Phi) is 3.43. The summed E-state index contributed by atoms with van der Waals surface area (Å²) in [5, 5.41) is 0. The highest BCUT2D eigenvalue weighted by atomic mass is 17.2. The van der Waals surface area contributed by atoms with Crippen LogP contribution in [0.2, 0.25) is 0 Å². The maximum absolute atomic E-state index is 5.79. The van der Waals surface area contributed by atoms with E-state index >= 15 is 0 Å². The minimum Gasteiger partial charge on any atom is -0.227 e. The Hall–Kier alpha value is -1.12. The average molecular weight is 298 g/mol. The third-order valence-electron chi connectivity index (χ3n) is 6.29. The van der Waals surface area contributed by atoms with Crippen LogP contribution in [0.1, 0.15) is 81.3 Å². The van der Waals surface area contributed by atoms with Crippen molar-refractivity contribution in [3.05, 3.63) is 47.0 Å². The van der Waals surface area contributed by atoms with Crippen LogP contribution in [0, 0.1) is 11.3 Å². The fourth-order valence-electron chi connectivity index (χ4n) is 4.81. The van der Waals surface area contributed by atoms with Crippen molar-refractivity contribution in [1.29, 1.82) is 0 Å². The second kappa shape index (κ2) is 5.21. The summed E-state index contributed by atoms with van der Waals surface area (Å²) in [6.45, 7) is 6.93.